The van der Waals surface area contributed by atoms with Gasteiger partial charge in [0, 0.05) is 17.1 Å². The van der Waals surface area contributed by atoms with Crippen LogP contribution in [0.5, 0.6) is 0 Å². The summed E-state index contributed by atoms with van der Waals surface area (Å²) in [6.45, 7) is 1.29. The average molecular weight is 546 g/mol. The van der Waals surface area contributed by atoms with Crippen molar-refractivity contribution in [2.75, 3.05) is 5.75 Å². The second kappa shape index (κ2) is 8.90. The summed E-state index contributed by atoms with van der Waals surface area (Å²) in [5.41, 5.74) is -4.87. The van der Waals surface area contributed by atoms with Crippen molar-refractivity contribution in [2.45, 2.75) is 24.2 Å². The van der Waals surface area contributed by atoms with E-state index in [0.29, 0.717) is 29.1 Å². The number of nitrogens with zero attached hydrogens (tertiary/aromatic N) is 4. The molecule has 4 rings (SSSR count). The van der Waals surface area contributed by atoms with E-state index in [9.17, 15) is 43.9 Å². The zero-order valence-corrected chi connectivity index (χ0v) is 19.2. The molecule has 0 unspecified atom stereocenters. The third-order valence-corrected chi connectivity index (χ3v) is 7.02. The van der Waals surface area contributed by atoms with Gasteiger partial charge in [0.15, 0.2) is 15.7 Å². The molecule has 0 fully saturated rings. The SMILES string of the molecule is CCS(=O)(=O)c1ccc(-c2ccc(F)c(C(F)(F)F)c2)nc1-n1ncc2cc(C(F)(F)F)cnc2c1=O. The minimum Gasteiger partial charge on any atom is -0.265 e. The van der Waals surface area contributed by atoms with Crippen LogP contribution >= 0.6 is 0 Å². The van der Waals surface area contributed by atoms with Gasteiger partial charge in [0.25, 0.3) is 5.56 Å². The molecule has 0 bridgehead atoms. The number of rotatable bonds is 4. The Bertz CT molecular complexity index is 1700. The Labute approximate surface area is 203 Å². The molecule has 0 radical (unpaired) electrons. The number of pyridine rings is 2. The van der Waals surface area contributed by atoms with Crippen LogP contribution in [0, 0.1) is 5.82 Å². The third-order valence-electron chi connectivity index (χ3n) is 5.27. The largest absolute Gasteiger partial charge is 0.419 e. The number of sulfone groups is 1. The number of halogens is 7. The van der Waals surface area contributed by atoms with Crippen LogP contribution in [0.4, 0.5) is 30.7 Å². The standard InChI is InChI=1S/C22H13F7N4O3S/c1-2-37(35,36)17-6-5-16(11-3-4-15(23)14(8-11)22(27,28)29)32-19(17)33-20(34)18-12(9-31-33)7-13(10-30-18)21(24,25)26/h3-10H,2H2,1H3. The van der Waals surface area contributed by atoms with Gasteiger partial charge in [-0.1, -0.05) is 6.92 Å². The molecule has 4 aromatic rings. The van der Waals surface area contributed by atoms with E-state index in [-0.39, 0.29) is 16.6 Å². The van der Waals surface area contributed by atoms with Gasteiger partial charge in [-0.15, -0.1) is 0 Å². The maximum Gasteiger partial charge on any atom is 0.419 e. The van der Waals surface area contributed by atoms with Gasteiger partial charge < -0.3 is 0 Å². The third kappa shape index (κ3) is 4.90. The number of aromatic nitrogens is 4. The molecular formula is C22H13F7N4O3S. The van der Waals surface area contributed by atoms with Gasteiger partial charge in [0.05, 0.1) is 28.8 Å². The Morgan fingerprint density at radius 3 is 2.27 bits per heavy atom. The molecule has 0 saturated carbocycles. The number of benzene rings is 1. The molecule has 0 spiro atoms. The Morgan fingerprint density at radius 2 is 1.65 bits per heavy atom. The fraction of sp³-hybridized carbons (Fsp3) is 0.182. The summed E-state index contributed by atoms with van der Waals surface area (Å²) < 4.78 is 118. The van der Waals surface area contributed by atoms with Gasteiger partial charge in [0.2, 0.25) is 0 Å². The molecule has 0 aliphatic carbocycles. The van der Waals surface area contributed by atoms with Crippen molar-refractivity contribution in [3.8, 4) is 17.1 Å². The number of alkyl halides is 6. The van der Waals surface area contributed by atoms with E-state index < -0.39 is 66.7 Å². The van der Waals surface area contributed by atoms with E-state index >= 15 is 0 Å². The van der Waals surface area contributed by atoms with Crippen LogP contribution in [0.25, 0.3) is 28.0 Å². The maximum atomic E-state index is 13.7. The van der Waals surface area contributed by atoms with Crippen LogP contribution in [0.15, 0.2) is 58.5 Å². The second-order valence-electron chi connectivity index (χ2n) is 7.64. The van der Waals surface area contributed by atoms with Crippen molar-refractivity contribution < 1.29 is 39.2 Å². The van der Waals surface area contributed by atoms with Gasteiger partial charge in [-0.05, 0) is 36.4 Å². The summed E-state index contributed by atoms with van der Waals surface area (Å²) >= 11 is 0. The Hall–Kier alpha value is -3.88. The second-order valence-corrected chi connectivity index (χ2v) is 9.88. The normalized spacial score (nSPS) is 12.8. The highest BCUT2D eigenvalue weighted by atomic mass is 32.2. The fourth-order valence-corrected chi connectivity index (χ4v) is 4.38. The molecule has 194 valence electrons. The molecular weight excluding hydrogens is 533 g/mol. The Morgan fingerprint density at radius 1 is 0.946 bits per heavy atom. The van der Waals surface area contributed by atoms with E-state index in [2.05, 4.69) is 15.1 Å². The molecule has 0 aliphatic heterocycles. The van der Waals surface area contributed by atoms with Crippen molar-refractivity contribution in [3.05, 3.63) is 76.1 Å². The van der Waals surface area contributed by atoms with Gasteiger partial charge in [-0.3, -0.25) is 4.79 Å². The molecule has 0 N–H and O–H groups in total. The van der Waals surface area contributed by atoms with Crippen LogP contribution in [-0.4, -0.2) is 33.9 Å². The Kier molecular flexibility index (Phi) is 6.30. The zero-order valence-electron chi connectivity index (χ0n) is 18.4. The lowest BCUT2D eigenvalue weighted by atomic mass is 10.1. The topological polar surface area (TPSA) is 94.8 Å². The van der Waals surface area contributed by atoms with E-state index in [1.165, 1.54) is 6.92 Å². The molecule has 3 aromatic heterocycles. The lowest BCUT2D eigenvalue weighted by Crippen LogP contribution is -2.25. The first kappa shape index (κ1) is 26.2. The first-order chi connectivity index (χ1) is 17.1. The Balaban J connectivity index is 1.98. The average Bonchev–Trinajstić information content (AvgIpc) is 2.82. The van der Waals surface area contributed by atoms with Crippen molar-refractivity contribution in [3.63, 3.8) is 0 Å². The first-order valence-electron chi connectivity index (χ1n) is 10.2. The summed E-state index contributed by atoms with van der Waals surface area (Å²) in [7, 11) is -4.08. The van der Waals surface area contributed by atoms with Crippen molar-refractivity contribution in [1.82, 2.24) is 19.7 Å². The van der Waals surface area contributed by atoms with E-state index in [0.717, 1.165) is 24.4 Å². The predicted octanol–water partition coefficient (Wildman–Crippen LogP) is 4.81. The van der Waals surface area contributed by atoms with Crippen LogP contribution in [0.3, 0.4) is 0 Å². The molecule has 15 heteroatoms. The van der Waals surface area contributed by atoms with Crippen LogP contribution in [-0.2, 0) is 22.2 Å². The molecule has 0 atom stereocenters. The van der Waals surface area contributed by atoms with Gasteiger partial charge >= 0.3 is 12.4 Å². The summed E-state index contributed by atoms with van der Waals surface area (Å²) in [4.78, 5) is 20.1. The highest BCUT2D eigenvalue weighted by molar-refractivity contribution is 7.91. The monoisotopic (exact) mass is 546 g/mol. The van der Waals surface area contributed by atoms with Gasteiger partial charge in [-0.2, -0.15) is 36.1 Å². The molecule has 0 saturated heterocycles. The summed E-state index contributed by atoms with van der Waals surface area (Å²) in [6.07, 6.45) is -8.53. The van der Waals surface area contributed by atoms with Crippen molar-refractivity contribution >= 4 is 20.7 Å². The van der Waals surface area contributed by atoms with Crippen molar-refractivity contribution in [1.29, 1.82) is 0 Å². The van der Waals surface area contributed by atoms with Gasteiger partial charge in [-0.25, -0.2) is 22.8 Å². The molecule has 0 amide bonds. The minimum absolute atomic E-state index is 0.253. The number of fused-ring (bicyclic) bond motifs is 1. The molecule has 37 heavy (non-hydrogen) atoms. The van der Waals surface area contributed by atoms with Crippen LogP contribution in [0.1, 0.15) is 18.1 Å². The van der Waals surface area contributed by atoms with Gasteiger partial charge in [0.1, 0.15) is 16.2 Å². The number of hydrogen-bond acceptors (Lipinski definition) is 6. The predicted molar refractivity (Wildman–Crippen MR) is 116 cm³/mol. The fourth-order valence-electron chi connectivity index (χ4n) is 3.39. The molecule has 7 nitrogen and oxygen atoms in total. The van der Waals surface area contributed by atoms with Crippen LogP contribution < -0.4 is 5.56 Å². The number of hydrogen-bond donors (Lipinski definition) is 0. The summed E-state index contributed by atoms with van der Waals surface area (Å²) in [5.74, 6) is -2.62. The lowest BCUT2D eigenvalue weighted by molar-refractivity contribution is -0.140. The zero-order chi connectivity index (χ0) is 27.3. The minimum atomic E-state index is -5.04. The maximum absolute atomic E-state index is 13.7. The molecule has 1 aromatic carbocycles. The lowest BCUT2D eigenvalue weighted by Gasteiger charge is -2.14. The van der Waals surface area contributed by atoms with Crippen molar-refractivity contribution in [2.24, 2.45) is 0 Å². The van der Waals surface area contributed by atoms with E-state index in [1.807, 2.05) is 0 Å². The highest BCUT2D eigenvalue weighted by Crippen LogP contribution is 2.35. The molecule has 3 heterocycles. The van der Waals surface area contributed by atoms with E-state index in [1.54, 1.807) is 0 Å². The van der Waals surface area contributed by atoms with E-state index in [4.69, 9.17) is 0 Å². The summed E-state index contributed by atoms with van der Waals surface area (Å²) in [5, 5.41) is 3.45. The smallest absolute Gasteiger partial charge is 0.265 e. The first-order valence-corrected chi connectivity index (χ1v) is 11.9. The molecule has 0 aliphatic rings. The highest BCUT2D eigenvalue weighted by Gasteiger charge is 2.35. The van der Waals surface area contributed by atoms with Crippen LogP contribution in [0.2, 0.25) is 0 Å². The summed E-state index contributed by atoms with van der Waals surface area (Å²) in [6, 6.07) is 4.68. The quantitative estimate of drug-likeness (QED) is 0.341.